The zero-order valence-corrected chi connectivity index (χ0v) is 16.5. The maximum absolute atomic E-state index is 12.7. The molecule has 0 saturated heterocycles. The lowest BCUT2D eigenvalue weighted by molar-refractivity contribution is -0.127. The van der Waals surface area contributed by atoms with Gasteiger partial charge in [-0.3, -0.25) is 14.4 Å². The minimum atomic E-state index is -0.794. The summed E-state index contributed by atoms with van der Waals surface area (Å²) in [6, 6.07) is 17.3. The van der Waals surface area contributed by atoms with Gasteiger partial charge in [-0.15, -0.1) is 0 Å². The Morgan fingerprint density at radius 3 is 2.04 bits per heavy atom. The van der Waals surface area contributed by atoms with Crippen LogP contribution < -0.4 is 16.0 Å². The molecule has 2 aromatic carbocycles. The molecule has 0 heterocycles. The van der Waals surface area contributed by atoms with Crippen LogP contribution in [0.25, 0.3) is 0 Å². The highest BCUT2D eigenvalue weighted by molar-refractivity contribution is 5.98. The predicted octanol–water partition coefficient (Wildman–Crippen LogP) is 2.06. The number of carbonyl (C=O) groups excluding carboxylic acids is 3. The summed E-state index contributed by atoms with van der Waals surface area (Å²) >= 11 is 0. The third-order valence-corrected chi connectivity index (χ3v) is 3.88. The van der Waals surface area contributed by atoms with E-state index in [2.05, 4.69) is 16.0 Å². The van der Waals surface area contributed by atoms with Gasteiger partial charge in [0.25, 0.3) is 5.91 Å². The second-order valence-corrected chi connectivity index (χ2v) is 7.60. The zero-order chi connectivity index (χ0) is 20.6. The second-order valence-electron chi connectivity index (χ2n) is 7.60. The summed E-state index contributed by atoms with van der Waals surface area (Å²) in [4.78, 5) is 37.2. The molecule has 0 saturated carbocycles. The maximum Gasteiger partial charge on any atom is 0.251 e. The van der Waals surface area contributed by atoms with E-state index in [1.807, 2.05) is 57.2 Å². The normalized spacial score (nSPS) is 12.0. The Balaban J connectivity index is 2.05. The molecule has 0 aliphatic carbocycles. The highest BCUT2D eigenvalue weighted by atomic mass is 16.2. The summed E-state index contributed by atoms with van der Waals surface area (Å²) in [5, 5.41) is 8.18. The molecule has 0 fully saturated rings. The fraction of sp³-hybridized carbons (Fsp3) is 0.318. The smallest absolute Gasteiger partial charge is 0.251 e. The van der Waals surface area contributed by atoms with E-state index >= 15 is 0 Å². The molecule has 2 rings (SSSR count). The second kappa shape index (κ2) is 9.69. The van der Waals surface area contributed by atoms with Crippen LogP contribution in [0.1, 0.15) is 36.7 Å². The van der Waals surface area contributed by atoms with Gasteiger partial charge < -0.3 is 16.0 Å². The fourth-order valence-corrected chi connectivity index (χ4v) is 2.64. The summed E-state index contributed by atoms with van der Waals surface area (Å²) in [7, 11) is 0. The summed E-state index contributed by atoms with van der Waals surface area (Å²) in [6.45, 7) is 5.45. The quantitative estimate of drug-likeness (QED) is 0.686. The first kappa shape index (κ1) is 21.2. The molecule has 2 aromatic rings. The van der Waals surface area contributed by atoms with E-state index in [1.54, 1.807) is 24.3 Å². The minimum absolute atomic E-state index is 0.150. The van der Waals surface area contributed by atoms with Crippen LogP contribution >= 0.6 is 0 Å². The molecule has 0 spiro atoms. The molecular formula is C22H27N3O3. The van der Waals surface area contributed by atoms with E-state index in [1.165, 1.54) is 0 Å². The van der Waals surface area contributed by atoms with Gasteiger partial charge >= 0.3 is 0 Å². The van der Waals surface area contributed by atoms with Gasteiger partial charge in [0, 0.05) is 17.5 Å². The zero-order valence-electron chi connectivity index (χ0n) is 16.5. The van der Waals surface area contributed by atoms with Crippen molar-refractivity contribution in [2.24, 2.45) is 0 Å². The van der Waals surface area contributed by atoms with E-state index in [-0.39, 0.29) is 23.9 Å². The number of rotatable bonds is 7. The van der Waals surface area contributed by atoms with Gasteiger partial charge in [-0.2, -0.15) is 0 Å². The van der Waals surface area contributed by atoms with Gasteiger partial charge in [0.1, 0.15) is 6.04 Å². The van der Waals surface area contributed by atoms with Gasteiger partial charge in [0.15, 0.2) is 0 Å². The van der Waals surface area contributed by atoms with Gasteiger partial charge in [0.2, 0.25) is 11.8 Å². The number of amides is 3. The minimum Gasteiger partial charge on any atom is -0.350 e. The summed E-state index contributed by atoms with van der Waals surface area (Å²) < 4.78 is 0. The van der Waals surface area contributed by atoms with Gasteiger partial charge in [-0.1, -0.05) is 48.5 Å². The Bertz CT molecular complexity index is 799. The van der Waals surface area contributed by atoms with Crippen molar-refractivity contribution < 1.29 is 14.4 Å². The van der Waals surface area contributed by atoms with E-state index < -0.39 is 11.9 Å². The third kappa shape index (κ3) is 7.23. The largest absolute Gasteiger partial charge is 0.350 e. The van der Waals surface area contributed by atoms with Crippen molar-refractivity contribution in [2.45, 2.75) is 38.8 Å². The van der Waals surface area contributed by atoms with Crippen LogP contribution in [-0.4, -0.2) is 35.8 Å². The van der Waals surface area contributed by atoms with E-state index in [0.29, 0.717) is 12.0 Å². The SMILES string of the molecule is CC(C)(C)NC(=O)CNC(=O)C(Cc1ccccc1)NC(=O)c1ccccc1. The summed E-state index contributed by atoms with van der Waals surface area (Å²) in [5.74, 6) is -1.03. The van der Waals surface area contributed by atoms with Crippen LogP contribution in [0.15, 0.2) is 60.7 Å². The lowest BCUT2D eigenvalue weighted by Crippen LogP contribution is -2.51. The monoisotopic (exact) mass is 381 g/mol. The molecule has 3 N–H and O–H groups in total. The Morgan fingerprint density at radius 2 is 1.46 bits per heavy atom. The number of benzene rings is 2. The standard InChI is InChI=1S/C22H27N3O3/c1-22(2,3)25-19(26)15-23-21(28)18(14-16-10-6-4-7-11-16)24-20(27)17-12-8-5-9-13-17/h4-13,18H,14-15H2,1-3H3,(H,23,28)(H,24,27)(H,25,26). The molecule has 28 heavy (non-hydrogen) atoms. The van der Waals surface area contributed by atoms with Crippen LogP contribution in [-0.2, 0) is 16.0 Å². The average molecular weight is 381 g/mol. The molecule has 0 bridgehead atoms. The third-order valence-electron chi connectivity index (χ3n) is 3.88. The summed E-state index contributed by atoms with van der Waals surface area (Å²) in [5.41, 5.74) is 1.00. The molecule has 0 aliphatic rings. The molecule has 0 aliphatic heterocycles. The number of nitrogens with one attached hydrogen (secondary N) is 3. The van der Waals surface area contributed by atoms with Gasteiger partial charge in [-0.25, -0.2) is 0 Å². The van der Waals surface area contributed by atoms with Gasteiger partial charge in [0.05, 0.1) is 6.54 Å². The summed E-state index contributed by atoms with van der Waals surface area (Å²) in [6.07, 6.45) is 0.326. The highest BCUT2D eigenvalue weighted by Crippen LogP contribution is 2.06. The van der Waals surface area contributed by atoms with Gasteiger partial charge in [-0.05, 0) is 38.5 Å². The van der Waals surface area contributed by atoms with E-state index in [0.717, 1.165) is 5.56 Å². The molecule has 3 amide bonds. The topological polar surface area (TPSA) is 87.3 Å². The fourth-order valence-electron chi connectivity index (χ4n) is 2.64. The molecular weight excluding hydrogens is 354 g/mol. The van der Waals surface area contributed by atoms with Crippen LogP contribution in [0.4, 0.5) is 0 Å². The van der Waals surface area contributed by atoms with Crippen molar-refractivity contribution in [1.29, 1.82) is 0 Å². The number of hydrogen-bond acceptors (Lipinski definition) is 3. The Labute approximate surface area is 165 Å². The van der Waals surface area contributed by atoms with E-state index in [4.69, 9.17) is 0 Å². The van der Waals surface area contributed by atoms with Crippen LogP contribution in [0.3, 0.4) is 0 Å². The Kier molecular flexibility index (Phi) is 7.32. The van der Waals surface area contributed by atoms with Crippen molar-refractivity contribution in [3.05, 3.63) is 71.8 Å². The molecule has 6 heteroatoms. The molecule has 148 valence electrons. The van der Waals surface area contributed by atoms with Crippen LogP contribution in [0.5, 0.6) is 0 Å². The predicted molar refractivity (Wildman–Crippen MR) is 109 cm³/mol. The molecule has 1 unspecified atom stereocenters. The Hall–Kier alpha value is -3.15. The molecule has 0 radical (unpaired) electrons. The maximum atomic E-state index is 12.7. The van der Waals surface area contributed by atoms with Crippen molar-refractivity contribution in [1.82, 2.24) is 16.0 Å². The molecule has 1 atom stereocenters. The van der Waals surface area contributed by atoms with E-state index in [9.17, 15) is 14.4 Å². The molecule has 0 aromatic heterocycles. The average Bonchev–Trinajstić information content (AvgIpc) is 2.65. The first-order valence-electron chi connectivity index (χ1n) is 9.23. The van der Waals surface area contributed by atoms with Crippen LogP contribution in [0.2, 0.25) is 0 Å². The first-order valence-corrected chi connectivity index (χ1v) is 9.23. The van der Waals surface area contributed by atoms with Crippen molar-refractivity contribution >= 4 is 17.7 Å². The Morgan fingerprint density at radius 1 is 0.893 bits per heavy atom. The first-order chi connectivity index (χ1) is 13.2. The van der Waals surface area contributed by atoms with Crippen LogP contribution in [0, 0.1) is 0 Å². The lowest BCUT2D eigenvalue weighted by Gasteiger charge is -2.22. The molecule has 6 nitrogen and oxygen atoms in total. The number of hydrogen-bond donors (Lipinski definition) is 3. The van der Waals surface area contributed by atoms with Crippen molar-refractivity contribution in [3.63, 3.8) is 0 Å². The highest BCUT2D eigenvalue weighted by Gasteiger charge is 2.23. The van der Waals surface area contributed by atoms with Crippen molar-refractivity contribution in [3.8, 4) is 0 Å². The lowest BCUT2D eigenvalue weighted by atomic mass is 10.0. The van der Waals surface area contributed by atoms with Crippen molar-refractivity contribution in [2.75, 3.05) is 6.54 Å². The number of carbonyl (C=O) groups is 3.